The van der Waals surface area contributed by atoms with Crippen LogP contribution in [-0.2, 0) is 0 Å². The maximum atomic E-state index is 3.81. The van der Waals surface area contributed by atoms with E-state index in [1.807, 2.05) is 11.8 Å². The van der Waals surface area contributed by atoms with Gasteiger partial charge in [-0.05, 0) is 60.8 Å². The van der Waals surface area contributed by atoms with Gasteiger partial charge in [0.25, 0.3) is 0 Å². The summed E-state index contributed by atoms with van der Waals surface area (Å²) < 4.78 is 0. The molecule has 0 N–H and O–H groups in total. The molecule has 2 saturated carbocycles. The Morgan fingerprint density at radius 2 is 2.06 bits per heavy atom. The molecule has 3 atom stereocenters. The molecule has 1 aromatic carbocycles. The van der Waals surface area contributed by atoms with E-state index in [4.69, 9.17) is 0 Å². The number of fused-ring (bicyclic) bond motifs is 2. The van der Waals surface area contributed by atoms with Gasteiger partial charge in [0.05, 0.1) is 0 Å². The maximum Gasteiger partial charge on any atom is 0.00910 e. The van der Waals surface area contributed by atoms with E-state index in [1.165, 1.54) is 48.1 Å². The van der Waals surface area contributed by atoms with Crippen LogP contribution in [0.4, 0.5) is 0 Å². The molecule has 98 valence electrons. The molecule has 0 aromatic heterocycles. The van der Waals surface area contributed by atoms with Crippen molar-refractivity contribution in [3.8, 4) is 0 Å². The fourth-order valence-corrected chi connectivity index (χ4v) is 6.04. The Morgan fingerprint density at radius 1 is 1.22 bits per heavy atom. The van der Waals surface area contributed by atoms with Crippen LogP contribution in [0.1, 0.15) is 32.1 Å². The van der Waals surface area contributed by atoms with Crippen molar-refractivity contribution in [2.45, 2.75) is 37.0 Å². The summed E-state index contributed by atoms with van der Waals surface area (Å²) in [4.78, 5) is 1.42. The van der Waals surface area contributed by atoms with Crippen LogP contribution in [0.25, 0.3) is 0 Å². The summed E-state index contributed by atoms with van der Waals surface area (Å²) in [5, 5.41) is 1.22. The minimum atomic E-state index is 0.630. The van der Waals surface area contributed by atoms with E-state index in [1.54, 1.807) is 0 Å². The summed E-state index contributed by atoms with van der Waals surface area (Å²) in [6, 6.07) is 10.8. The number of halogens is 1. The normalized spacial score (nSPS) is 34.1. The summed E-state index contributed by atoms with van der Waals surface area (Å²) in [7, 11) is 0. The second-order valence-electron chi connectivity index (χ2n) is 5.99. The molecule has 0 heterocycles. The van der Waals surface area contributed by atoms with Gasteiger partial charge < -0.3 is 0 Å². The zero-order valence-corrected chi connectivity index (χ0v) is 13.2. The second-order valence-corrected chi connectivity index (χ2v) is 7.72. The van der Waals surface area contributed by atoms with Gasteiger partial charge in [-0.3, -0.25) is 0 Å². The van der Waals surface area contributed by atoms with E-state index in [9.17, 15) is 0 Å². The molecule has 3 unspecified atom stereocenters. The zero-order valence-electron chi connectivity index (χ0n) is 10.8. The van der Waals surface area contributed by atoms with E-state index in [-0.39, 0.29) is 0 Å². The molecular weight excluding hydrogens is 304 g/mol. The number of benzene rings is 1. The van der Waals surface area contributed by atoms with E-state index >= 15 is 0 Å². The lowest BCUT2D eigenvalue weighted by Gasteiger charge is -2.36. The van der Waals surface area contributed by atoms with Gasteiger partial charge in [0.1, 0.15) is 0 Å². The minimum absolute atomic E-state index is 0.630. The minimum Gasteiger partial charge on any atom is -0.126 e. The van der Waals surface area contributed by atoms with Crippen molar-refractivity contribution < 1.29 is 0 Å². The van der Waals surface area contributed by atoms with Crippen molar-refractivity contribution in [1.29, 1.82) is 0 Å². The van der Waals surface area contributed by atoms with E-state index in [2.05, 4.69) is 46.3 Å². The second kappa shape index (κ2) is 5.58. The molecular formula is C16H21BrS. The third kappa shape index (κ3) is 2.51. The highest BCUT2D eigenvalue weighted by Crippen LogP contribution is 2.58. The van der Waals surface area contributed by atoms with Crippen LogP contribution in [-0.4, -0.2) is 11.1 Å². The Kier molecular flexibility index (Phi) is 4.05. The van der Waals surface area contributed by atoms with Crippen LogP contribution in [0.5, 0.6) is 0 Å². The Bertz CT molecular complexity index is 391. The van der Waals surface area contributed by atoms with Crippen LogP contribution in [0.2, 0.25) is 0 Å². The summed E-state index contributed by atoms with van der Waals surface area (Å²) in [5.41, 5.74) is 0.630. The van der Waals surface area contributed by atoms with Gasteiger partial charge in [-0.2, -0.15) is 0 Å². The summed E-state index contributed by atoms with van der Waals surface area (Å²) in [6.07, 6.45) is 7.39. The summed E-state index contributed by atoms with van der Waals surface area (Å²) in [6.45, 7) is 0. The van der Waals surface area contributed by atoms with Gasteiger partial charge >= 0.3 is 0 Å². The van der Waals surface area contributed by atoms with Gasteiger partial charge in [-0.15, -0.1) is 11.8 Å². The molecule has 2 aliphatic rings. The first-order valence-corrected chi connectivity index (χ1v) is 9.17. The van der Waals surface area contributed by atoms with Crippen molar-refractivity contribution in [2.75, 3.05) is 11.1 Å². The fraction of sp³-hybridized carbons (Fsp3) is 0.625. The van der Waals surface area contributed by atoms with Crippen LogP contribution in [0, 0.1) is 17.3 Å². The van der Waals surface area contributed by atoms with Crippen molar-refractivity contribution in [3.63, 3.8) is 0 Å². The molecule has 0 radical (unpaired) electrons. The van der Waals surface area contributed by atoms with Crippen molar-refractivity contribution in [2.24, 2.45) is 17.3 Å². The first-order valence-electron chi connectivity index (χ1n) is 7.06. The molecule has 1 aromatic rings. The topological polar surface area (TPSA) is 0 Å². The number of rotatable bonds is 5. The van der Waals surface area contributed by atoms with Crippen LogP contribution < -0.4 is 0 Å². The standard InChI is InChI=1S/C16H21BrS/c17-12-16(11-13-6-7-14(16)10-13)8-9-18-15-4-2-1-3-5-15/h1-5,13-14H,6-12H2. The molecule has 18 heavy (non-hydrogen) atoms. The molecule has 2 fully saturated rings. The Morgan fingerprint density at radius 3 is 2.67 bits per heavy atom. The van der Waals surface area contributed by atoms with Crippen LogP contribution in [0.15, 0.2) is 35.2 Å². The molecule has 2 bridgehead atoms. The molecule has 2 aliphatic carbocycles. The molecule has 0 spiro atoms. The average Bonchev–Trinajstić information content (AvgIpc) is 3.01. The Balaban J connectivity index is 1.56. The monoisotopic (exact) mass is 324 g/mol. The first kappa shape index (κ1) is 13.1. The zero-order chi connectivity index (χ0) is 12.4. The highest BCUT2D eigenvalue weighted by molar-refractivity contribution is 9.09. The third-order valence-corrected chi connectivity index (χ3v) is 7.11. The maximum absolute atomic E-state index is 3.81. The van der Waals surface area contributed by atoms with Gasteiger partial charge in [0, 0.05) is 10.2 Å². The van der Waals surface area contributed by atoms with E-state index < -0.39 is 0 Å². The van der Waals surface area contributed by atoms with Gasteiger partial charge in [0.15, 0.2) is 0 Å². The van der Waals surface area contributed by atoms with Gasteiger partial charge in [-0.25, -0.2) is 0 Å². The van der Waals surface area contributed by atoms with E-state index in [0.717, 1.165) is 11.8 Å². The van der Waals surface area contributed by atoms with Crippen molar-refractivity contribution >= 4 is 27.7 Å². The predicted molar refractivity (Wildman–Crippen MR) is 83.5 cm³/mol. The van der Waals surface area contributed by atoms with Crippen molar-refractivity contribution in [3.05, 3.63) is 30.3 Å². The Labute approximate surface area is 123 Å². The average molecular weight is 325 g/mol. The quantitative estimate of drug-likeness (QED) is 0.518. The summed E-state index contributed by atoms with van der Waals surface area (Å²) >= 11 is 5.84. The number of alkyl halides is 1. The van der Waals surface area contributed by atoms with Gasteiger partial charge in [0.2, 0.25) is 0 Å². The first-order chi connectivity index (χ1) is 8.82. The van der Waals surface area contributed by atoms with Crippen molar-refractivity contribution in [1.82, 2.24) is 0 Å². The lowest BCUT2D eigenvalue weighted by atomic mass is 9.73. The highest BCUT2D eigenvalue weighted by atomic mass is 79.9. The predicted octanol–water partition coefficient (Wildman–Crippen LogP) is 5.37. The third-order valence-electron chi connectivity index (χ3n) is 4.98. The van der Waals surface area contributed by atoms with Crippen LogP contribution in [0.3, 0.4) is 0 Å². The number of thioether (sulfide) groups is 1. The number of hydrogen-bond donors (Lipinski definition) is 0. The molecule has 0 nitrogen and oxygen atoms in total. The smallest absolute Gasteiger partial charge is 0.00910 e. The summed E-state index contributed by atoms with van der Waals surface area (Å²) in [5.74, 6) is 3.34. The fourth-order valence-electron chi connectivity index (χ4n) is 3.98. The lowest BCUT2D eigenvalue weighted by Crippen LogP contribution is -2.30. The largest absolute Gasteiger partial charge is 0.126 e. The van der Waals surface area contributed by atoms with Gasteiger partial charge in [-0.1, -0.05) is 40.5 Å². The van der Waals surface area contributed by atoms with Crippen LogP contribution >= 0.6 is 27.7 Å². The SMILES string of the molecule is BrCC1(CCSc2ccccc2)CC2CCC1C2. The molecule has 0 aliphatic heterocycles. The Hall–Kier alpha value is 0.0500. The molecule has 0 amide bonds. The molecule has 3 rings (SSSR count). The lowest BCUT2D eigenvalue weighted by molar-refractivity contribution is 0.192. The molecule has 0 saturated heterocycles. The van der Waals surface area contributed by atoms with E-state index in [0.29, 0.717) is 5.41 Å². The highest BCUT2D eigenvalue weighted by Gasteiger charge is 2.49. The number of hydrogen-bond acceptors (Lipinski definition) is 1. The molecule has 2 heteroatoms.